The van der Waals surface area contributed by atoms with Gasteiger partial charge in [-0.3, -0.25) is 14.2 Å². The Morgan fingerprint density at radius 3 is 2.58 bits per heavy atom. The van der Waals surface area contributed by atoms with Crippen LogP contribution in [0.2, 0.25) is 0 Å². The molecular weight excluding hydrogens is 396 g/mol. The third-order valence-corrected chi connectivity index (χ3v) is 5.64. The number of hydrogen-bond acceptors (Lipinski definition) is 4. The molecule has 8 heteroatoms. The highest BCUT2D eigenvalue weighted by atomic mass is 16.4. The molecule has 0 radical (unpaired) electrons. The number of aromatic amines is 2. The van der Waals surface area contributed by atoms with Crippen LogP contribution in [0.1, 0.15) is 64.3 Å². The first-order valence-electron chi connectivity index (χ1n) is 10.6. The molecule has 1 fully saturated rings. The van der Waals surface area contributed by atoms with E-state index < -0.39 is 17.1 Å². The van der Waals surface area contributed by atoms with Crippen molar-refractivity contribution >= 4 is 18.1 Å². The highest BCUT2D eigenvalue weighted by Crippen LogP contribution is 2.24. The van der Waals surface area contributed by atoms with Crippen LogP contribution in [-0.2, 0) is 16.8 Å². The lowest BCUT2D eigenvalue weighted by Crippen LogP contribution is -2.54. The molecule has 3 N–H and O–H groups in total. The van der Waals surface area contributed by atoms with Crippen molar-refractivity contribution in [1.82, 2.24) is 19.5 Å². The summed E-state index contributed by atoms with van der Waals surface area (Å²) in [7, 11) is 0. The molecule has 1 saturated carbocycles. The first kappa shape index (κ1) is 22.5. The summed E-state index contributed by atoms with van der Waals surface area (Å²) < 4.78 is 1.22. The first-order valence-corrected chi connectivity index (χ1v) is 10.6. The van der Waals surface area contributed by atoms with Gasteiger partial charge in [0.25, 0.3) is 11.1 Å². The lowest BCUT2D eigenvalue weighted by atomic mass is 9.89. The smallest absolute Gasteiger partial charge is 0.332 e. The average Bonchev–Trinajstić information content (AvgIpc) is 3.17. The molecule has 1 aliphatic rings. The minimum absolute atomic E-state index is 0.0570. The first-order chi connectivity index (χ1) is 14.6. The monoisotopic (exact) mass is 426 g/mol. The van der Waals surface area contributed by atoms with Crippen LogP contribution in [0.15, 0.2) is 28.1 Å². The number of carboxylic acid groups (broad SMARTS) is 1. The third-order valence-electron chi connectivity index (χ3n) is 5.64. The fourth-order valence-corrected chi connectivity index (χ4v) is 3.97. The Bertz CT molecular complexity index is 1220. The SMILES string of the molecule is C=C(Cn1c(=O)/c(=C/c2nc[nH]c2C(C)(C)C)[nH]c(=O)/c1=C/C1CCCCC1)C(=O)O. The van der Waals surface area contributed by atoms with Crippen LogP contribution in [0.3, 0.4) is 0 Å². The molecule has 0 aliphatic heterocycles. The van der Waals surface area contributed by atoms with Gasteiger partial charge in [0.1, 0.15) is 10.7 Å². The van der Waals surface area contributed by atoms with Gasteiger partial charge in [-0.25, -0.2) is 9.78 Å². The molecule has 0 unspecified atom stereocenters. The number of rotatable bonds is 5. The third kappa shape index (κ3) is 5.13. The van der Waals surface area contributed by atoms with Gasteiger partial charge in [-0.1, -0.05) is 52.7 Å². The van der Waals surface area contributed by atoms with Crippen molar-refractivity contribution in [3.63, 3.8) is 0 Å². The summed E-state index contributed by atoms with van der Waals surface area (Å²) >= 11 is 0. The molecule has 0 saturated heterocycles. The van der Waals surface area contributed by atoms with Crippen LogP contribution in [0.5, 0.6) is 0 Å². The summed E-state index contributed by atoms with van der Waals surface area (Å²) in [5.74, 6) is -1.02. The maximum absolute atomic E-state index is 13.3. The molecule has 0 atom stereocenters. The quantitative estimate of drug-likeness (QED) is 0.624. The molecule has 0 aromatic carbocycles. The van der Waals surface area contributed by atoms with Crippen LogP contribution < -0.4 is 21.8 Å². The molecule has 8 nitrogen and oxygen atoms in total. The summed E-state index contributed by atoms with van der Waals surface area (Å²) in [6.45, 7) is 9.32. The highest BCUT2D eigenvalue weighted by Gasteiger charge is 2.20. The van der Waals surface area contributed by atoms with E-state index in [0.717, 1.165) is 37.8 Å². The highest BCUT2D eigenvalue weighted by molar-refractivity contribution is 5.85. The van der Waals surface area contributed by atoms with Crippen LogP contribution in [0, 0.1) is 5.92 Å². The number of nitrogens with one attached hydrogen (secondary N) is 2. The van der Waals surface area contributed by atoms with E-state index in [-0.39, 0.29) is 34.1 Å². The summed E-state index contributed by atoms with van der Waals surface area (Å²) in [6.07, 6.45) is 10.1. The van der Waals surface area contributed by atoms with E-state index in [0.29, 0.717) is 5.69 Å². The fourth-order valence-electron chi connectivity index (χ4n) is 3.97. The zero-order valence-electron chi connectivity index (χ0n) is 18.3. The van der Waals surface area contributed by atoms with E-state index in [4.69, 9.17) is 0 Å². The Morgan fingerprint density at radius 2 is 1.97 bits per heavy atom. The summed E-state index contributed by atoms with van der Waals surface area (Å²) in [6, 6.07) is 0. The van der Waals surface area contributed by atoms with E-state index in [1.54, 1.807) is 6.33 Å². The van der Waals surface area contributed by atoms with Gasteiger partial charge in [-0.2, -0.15) is 0 Å². The summed E-state index contributed by atoms with van der Waals surface area (Å²) in [4.78, 5) is 47.7. The van der Waals surface area contributed by atoms with E-state index >= 15 is 0 Å². The van der Waals surface area contributed by atoms with E-state index in [1.807, 2.05) is 26.8 Å². The molecule has 3 rings (SSSR count). The Balaban J connectivity index is 2.23. The van der Waals surface area contributed by atoms with Crippen LogP contribution in [-0.4, -0.2) is 30.6 Å². The van der Waals surface area contributed by atoms with Gasteiger partial charge in [0.15, 0.2) is 0 Å². The number of H-pyrrole nitrogens is 2. The predicted molar refractivity (Wildman–Crippen MR) is 119 cm³/mol. The van der Waals surface area contributed by atoms with Crippen molar-refractivity contribution in [2.75, 3.05) is 0 Å². The number of carboxylic acids is 1. The van der Waals surface area contributed by atoms with Crippen molar-refractivity contribution in [2.24, 2.45) is 5.92 Å². The second-order valence-corrected chi connectivity index (χ2v) is 9.17. The molecule has 0 amide bonds. The van der Waals surface area contributed by atoms with Gasteiger partial charge >= 0.3 is 5.97 Å². The van der Waals surface area contributed by atoms with Crippen molar-refractivity contribution < 1.29 is 9.90 Å². The Hall–Kier alpha value is -3.16. The molecule has 2 heterocycles. The summed E-state index contributed by atoms with van der Waals surface area (Å²) in [5.41, 5.74) is 0.0648. The second kappa shape index (κ2) is 8.91. The number of aliphatic carboxylic acids is 1. The van der Waals surface area contributed by atoms with E-state index in [9.17, 15) is 19.5 Å². The topological polar surface area (TPSA) is 121 Å². The fraction of sp³-hybridized carbons (Fsp3) is 0.478. The summed E-state index contributed by atoms with van der Waals surface area (Å²) in [5, 5.41) is 9.53. The molecule has 0 bridgehead atoms. The molecule has 1 aliphatic carbocycles. The molecule has 2 aromatic heterocycles. The van der Waals surface area contributed by atoms with Crippen LogP contribution in [0.4, 0.5) is 0 Å². The van der Waals surface area contributed by atoms with Crippen molar-refractivity contribution in [3.05, 3.63) is 61.3 Å². The lowest BCUT2D eigenvalue weighted by molar-refractivity contribution is -0.132. The second-order valence-electron chi connectivity index (χ2n) is 9.17. The Kier molecular flexibility index (Phi) is 6.48. The Morgan fingerprint density at radius 1 is 1.29 bits per heavy atom. The molecule has 2 aromatic rings. The van der Waals surface area contributed by atoms with Crippen molar-refractivity contribution in [1.29, 1.82) is 0 Å². The molecule has 31 heavy (non-hydrogen) atoms. The zero-order valence-corrected chi connectivity index (χ0v) is 18.3. The van der Waals surface area contributed by atoms with Crippen LogP contribution >= 0.6 is 0 Å². The largest absolute Gasteiger partial charge is 0.478 e. The minimum atomic E-state index is -1.20. The minimum Gasteiger partial charge on any atom is -0.478 e. The standard InChI is InChI=1S/C23H30N4O4/c1-14(22(30)31)12-27-18(10-15-8-6-5-7-9-15)20(28)26-17(21(27)29)11-16-19(23(2,3)4)25-13-24-16/h10-11,13,15H,1,5-9,12H2,2-4H3,(H,24,25)(H,26,28)(H,30,31)/b17-11-,18-10-. The molecular formula is C23H30N4O4. The zero-order chi connectivity index (χ0) is 22.8. The lowest BCUT2D eigenvalue weighted by Gasteiger charge is -2.18. The van der Waals surface area contributed by atoms with Gasteiger partial charge in [-0.05, 0) is 24.8 Å². The van der Waals surface area contributed by atoms with Gasteiger partial charge < -0.3 is 15.1 Å². The number of carbonyl (C=O) groups is 1. The van der Waals surface area contributed by atoms with Crippen LogP contribution in [0.25, 0.3) is 12.2 Å². The van der Waals surface area contributed by atoms with Gasteiger partial charge in [0.05, 0.1) is 18.6 Å². The number of nitrogens with zero attached hydrogens (tertiary/aromatic N) is 2. The maximum Gasteiger partial charge on any atom is 0.332 e. The van der Waals surface area contributed by atoms with Crippen molar-refractivity contribution in [2.45, 2.75) is 64.8 Å². The molecule has 166 valence electrons. The van der Waals surface area contributed by atoms with E-state index in [1.165, 1.54) is 10.6 Å². The number of hydrogen-bond donors (Lipinski definition) is 3. The average molecular weight is 427 g/mol. The predicted octanol–water partition coefficient (Wildman–Crippen LogP) is 1.39. The van der Waals surface area contributed by atoms with Gasteiger partial charge in [0, 0.05) is 16.7 Å². The van der Waals surface area contributed by atoms with E-state index in [2.05, 4.69) is 21.5 Å². The van der Waals surface area contributed by atoms with Gasteiger partial charge in [0.2, 0.25) is 0 Å². The number of aromatic nitrogens is 4. The maximum atomic E-state index is 13.3. The Labute approximate surface area is 180 Å². The number of imidazole rings is 1. The van der Waals surface area contributed by atoms with Crippen molar-refractivity contribution in [3.8, 4) is 0 Å². The normalized spacial score (nSPS) is 16.6. The van der Waals surface area contributed by atoms with Gasteiger partial charge in [-0.15, -0.1) is 0 Å². The molecule has 0 spiro atoms.